The average molecular weight is 260 g/mol. The van der Waals surface area contributed by atoms with E-state index < -0.39 is 0 Å². The first kappa shape index (κ1) is 13.1. The van der Waals surface area contributed by atoms with E-state index >= 15 is 0 Å². The fraction of sp³-hybridized carbons (Fsp3) is 0.625. The summed E-state index contributed by atoms with van der Waals surface area (Å²) in [4.78, 5) is 2.37. The van der Waals surface area contributed by atoms with Gasteiger partial charge in [0, 0.05) is 19.1 Å². The van der Waals surface area contributed by atoms with E-state index in [1.54, 1.807) is 5.56 Å². The van der Waals surface area contributed by atoms with E-state index in [1.165, 1.54) is 18.4 Å². The number of benzene rings is 1. The van der Waals surface area contributed by atoms with Gasteiger partial charge in [-0.05, 0) is 44.0 Å². The van der Waals surface area contributed by atoms with Gasteiger partial charge in [-0.2, -0.15) is 0 Å². The number of ether oxygens (including phenoxy) is 1. The van der Waals surface area contributed by atoms with Crippen LogP contribution in [0.1, 0.15) is 23.5 Å². The standard InChI is InChI=1S/C16H24N2O/c1-17-15(16-11-18(2)7-8-19-16)10-13-9-12-5-3-4-6-14(12)13/h3-6,13,15-17H,7-11H2,1-2H3. The van der Waals surface area contributed by atoms with Gasteiger partial charge in [0.2, 0.25) is 0 Å². The Labute approximate surface area is 115 Å². The normalized spacial score (nSPS) is 28.5. The Hall–Kier alpha value is -0.900. The Morgan fingerprint density at radius 3 is 3.00 bits per heavy atom. The Morgan fingerprint density at radius 1 is 1.42 bits per heavy atom. The first-order chi connectivity index (χ1) is 9.28. The molecule has 1 aliphatic heterocycles. The van der Waals surface area contributed by atoms with Crippen molar-refractivity contribution in [2.24, 2.45) is 0 Å². The highest BCUT2D eigenvalue weighted by Crippen LogP contribution is 2.38. The van der Waals surface area contributed by atoms with Crippen molar-refractivity contribution in [1.82, 2.24) is 10.2 Å². The van der Waals surface area contributed by atoms with Gasteiger partial charge in [-0.3, -0.25) is 0 Å². The van der Waals surface area contributed by atoms with E-state index in [4.69, 9.17) is 4.74 Å². The first-order valence-corrected chi connectivity index (χ1v) is 7.33. The molecule has 3 unspecified atom stereocenters. The van der Waals surface area contributed by atoms with Crippen LogP contribution < -0.4 is 5.32 Å². The number of rotatable bonds is 4. The second-order valence-corrected chi connectivity index (χ2v) is 5.90. The first-order valence-electron chi connectivity index (χ1n) is 7.33. The predicted octanol–water partition coefficient (Wildman–Crippen LogP) is 1.63. The van der Waals surface area contributed by atoms with E-state index in [-0.39, 0.29) is 0 Å². The van der Waals surface area contributed by atoms with Gasteiger partial charge in [-0.15, -0.1) is 0 Å². The van der Waals surface area contributed by atoms with E-state index in [2.05, 4.69) is 48.6 Å². The van der Waals surface area contributed by atoms with Gasteiger partial charge in [0.05, 0.1) is 12.7 Å². The van der Waals surface area contributed by atoms with Crippen molar-refractivity contribution in [2.45, 2.75) is 30.9 Å². The fourth-order valence-corrected chi connectivity index (χ4v) is 3.39. The Bertz CT molecular complexity index is 435. The molecular formula is C16H24N2O. The van der Waals surface area contributed by atoms with Crippen LogP contribution in [0.15, 0.2) is 24.3 Å². The molecule has 1 aliphatic carbocycles. The third-order valence-corrected chi connectivity index (χ3v) is 4.62. The number of fused-ring (bicyclic) bond motifs is 1. The van der Waals surface area contributed by atoms with Crippen LogP contribution in [0.3, 0.4) is 0 Å². The van der Waals surface area contributed by atoms with Crippen LogP contribution in [0.5, 0.6) is 0 Å². The summed E-state index contributed by atoms with van der Waals surface area (Å²) < 4.78 is 5.95. The number of nitrogens with one attached hydrogen (secondary N) is 1. The lowest BCUT2D eigenvalue weighted by atomic mass is 9.74. The summed E-state index contributed by atoms with van der Waals surface area (Å²) in [5, 5.41) is 3.47. The zero-order valence-electron chi connectivity index (χ0n) is 11.9. The molecule has 1 aromatic rings. The lowest BCUT2D eigenvalue weighted by molar-refractivity contribution is -0.0400. The van der Waals surface area contributed by atoms with Crippen LogP contribution in [0.25, 0.3) is 0 Å². The summed E-state index contributed by atoms with van der Waals surface area (Å²) in [6.07, 6.45) is 2.75. The average Bonchev–Trinajstić information content (AvgIpc) is 2.40. The van der Waals surface area contributed by atoms with Crippen molar-refractivity contribution in [3.63, 3.8) is 0 Å². The number of hydrogen-bond acceptors (Lipinski definition) is 3. The van der Waals surface area contributed by atoms with Crippen molar-refractivity contribution >= 4 is 0 Å². The van der Waals surface area contributed by atoms with Crippen molar-refractivity contribution < 1.29 is 4.74 Å². The van der Waals surface area contributed by atoms with Gasteiger partial charge in [0.1, 0.15) is 0 Å². The Kier molecular flexibility index (Phi) is 3.87. The van der Waals surface area contributed by atoms with E-state index in [9.17, 15) is 0 Å². The van der Waals surface area contributed by atoms with E-state index in [0.29, 0.717) is 18.1 Å². The fourth-order valence-electron chi connectivity index (χ4n) is 3.39. The molecule has 0 bridgehead atoms. The van der Waals surface area contributed by atoms with Crippen molar-refractivity contribution in [3.05, 3.63) is 35.4 Å². The number of nitrogens with zero attached hydrogens (tertiary/aromatic N) is 1. The van der Waals surface area contributed by atoms with Crippen LogP contribution >= 0.6 is 0 Å². The smallest absolute Gasteiger partial charge is 0.0855 e. The minimum Gasteiger partial charge on any atom is -0.374 e. The molecule has 1 fully saturated rings. The highest BCUT2D eigenvalue weighted by atomic mass is 16.5. The molecular weight excluding hydrogens is 236 g/mol. The molecule has 19 heavy (non-hydrogen) atoms. The molecule has 0 amide bonds. The molecule has 2 aliphatic rings. The zero-order valence-corrected chi connectivity index (χ0v) is 11.9. The van der Waals surface area contributed by atoms with Gasteiger partial charge in [-0.25, -0.2) is 0 Å². The lowest BCUT2D eigenvalue weighted by Crippen LogP contribution is -2.51. The maximum Gasteiger partial charge on any atom is 0.0855 e. The highest BCUT2D eigenvalue weighted by molar-refractivity contribution is 5.40. The molecule has 3 rings (SSSR count). The molecule has 0 spiro atoms. The minimum absolute atomic E-state index is 0.330. The summed E-state index contributed by atoms with van der Waals surface area (Å²) in [5.41, 5.74) is 3.08. The second-order valence-electron chi connectivity index (χ2n) is 5.90. The summed E-state index contributed by atoms with van der Waals surface area (Å²) in [6, 6.07) is 9.30. The molecule has 1 N–H and O–H groups in total. The van der Waals surface area contributed by atoms with Gasteiger partial charge in [-0.1, -0.05) is 24.3 Å². The molecule has 3 atom stereocenters. The summed E-state index contributed by atoms with van der Waals surface area (Å²) in [6.45, 7) is 2.96. The topological polar surface area (TPSA) is 24.5 Å². The quantitative estimate of drug-likeness (QED) is 0.890. The predicted molar refractivity (Wildman–Crippen MR) is 77.6 cm³/mol. The van der Waals surface area contributed by atoms with Gasteiger partial charge in [0.25, 0.3) is 0 Å². The SMILES string of the molecule is CNC(CC1Cc2ccccc21)C1CN(C)CCO1. The van der Waals surface area contributed by atoms with Crippen molar-refractivity contribution in [1.29, 1.82) is 0 Å². The monoisotopic (exact) mass is 260 g/mol. The van der Waals surface area contributed by atoms with Gasteiger partial charge < -0.3 is 15.0 Å². The number of likely N-dealkylation sites (N-methyl/N-ethyl adjacent to an activating group) is 2. The maximum absolute atomic E-state index is 5.95. The van der Waals surface area contributed by atoms with Gasteiger partial charge in [0.15, 0.2) is 0 Å². The van der Waals surface area contributed by atoms with Crippen molar-refractivity contribution in [2.75, 3.05) is 33.8 Å². The summed E-state index contributed by atoms with van der Waals surface area (Å²) >= 11 is 0. The molecule has 0 aromatic heterocycles. The third-order valence-electron chi connectivity index (χ3n) is 4.62. The van der Waals surface area contributed by atoms with Crippen LogP contribution in [-0.2, 0) is 11.2 Å². The number of hydrogen-bond donors (Lipinski definition) is 1. The minimum atomic E-state index is 0.330. The molecule has 1 heterocycles. The number of morpholine rings is 1. The van der Waals surface area contributed by atoms with Crippen molar-refractivity contribution in [3.8, 4) is 0 Å². The second kappa shape index (κ2) is 5.61. The molecule has 1 aromatic carbocycles. The summed E-state index contributed by atoms with van der Waals surface area (Å²) in [5.74, 6) is 0.712. The lowest BCUT2D eigenvalue weighted by Gasteiger charge is -2.39. The highest BCUT2D eigenvalue weighted by Gasteiger charge is 2.32. The largest absolute Gasteiger partial charge is 0.374 e. The molecule has 0 saturated carbocycles. The van der Waals surface area contributed by atoms with Crippen LogP contribution in [0, 0.1) is 0 Å². The molecule has 3 nitrogen and oxygen atoms in total. The molecule has 104 valence electrons. The maximum atomic E-state index is 5.95. The molecule has 0 radical (unpaired) electrons. The third kappa shape index (κ3) is 2.69. The van der Waals surface area contributed by atoms with Crippen LogP contribution in [-0.4, -0.2) is 50.8 Å². The summed E-state index contributed by atoms with van der Waals surface area (Å²) in [7, 11) is 4.24. The van der Waals surface area contributed by atoms with E-state index in [0.717, 1.165) is 19.7 Å². The van der Waals surface area contributed by atoms with E-state index in [1.807, 2.05) is 0 Å². The molecule has 3 heteroatoms. The Balaban J connectivity index is 1.62. The van der Waals surface area contributed by atoms with Crippen LogP contribution in [0.4, 0.5) is 0 Å². The van der Waals surface area contributed by atoms with Crippen LogP contribution in [0.2, 0.25) is 0 Å². The molecule has 1 saturated heterocycles. The van der Waals surface area contributed by atoms with Gasteiger partial charge >= 0.3 is 0 Å². The zero-order chi connectivity index (χ0) is 13.2. The Morgan fingerprint density at radius 2 is 2.26 bits per heavy atom.